The van der Waals surface area contributed by atoms with Crippen LogP contribution in [0.25, 0.3) is 0 Å². The van der Waals surface area contributed by atoms with E-state index in [9.17, 15) is 9.59 Å². The average molecular weight is 488 g/mol. The summed E-state index contributed by atoms with van der Waals surface area (Å²) in [5.74, 6) is 0.574. The number of carbonyl (C=O) groups excluding carboxylic acids is 2. The zero-order chi connectivity index (χ0) is 22.3. The summed E-state index contributed by atoms with van der Waals surface area (Å²) >= 11 is 19.6. The number of benzene rings is 2. The molecule has 30 heavy (non-hydrogen) atoms. The first-order valence-electron chi connectivity index (χ1n) is 9.53. The fourth-order valence-corrected chi connectivity index (χ4v) is 4.18. The molecule has 0 aromatic heterocycles. The number of nitrogens with one attached hydrogen (secondary N) is 1. The van der Waals surface area contributed by atoms with E-state index >= 15 is 0 Å². The van der Waals surface area contributed by atoms with Crippen LogP contribution in [0.3, 0.4) is 0 Å². The third kappa shape index (κ3) is 7.69. The molecule has 2 rings (SSSR count). The predicted octanol–water partition coefficient (Wildman–Crippen LogP) is 5.82. The van der Waals surface area contributed by atoms with E-state index in [1.54, 1.807) is 30.0 Å². The average Bonchev–Trinajstić information content (AvgIpc) is 2.67. The van der Waals surface area contributed by atoms with Crippen LogP contribution in [0.5, 0.6) is 0 Å². The molecule has 1 N–H and O–H groups in total. The second-order valence-electron chi connectivity index (χ2n) is 7.23. The second-order valence-corrected chi connectivity index (χ2v) is 9.47. The van der Waals surface area contributed by atoms with Gasteiger partial charge < -0.3 is 10.2 Å². The van der Waals surface area contributed by atoms with E-state index in [4.69, 9.17) is 34.8 Å². The molecule has 2 amide bonds. The van der Waals surface area contributed by atoms with Gasteiger partial charge in [-0.05, 0) is 56.2 Å². The Morgan fingerprint density at radius 1 is 1.00 bits per heavy atom. The van der Waals surface area contributed by atoms with Gasteiger partial charge in [0, 0.05) is 23.4 Å². The summed E-state index contributed by atoms with van der Waals surface area (Å²) < 4.78 is 0. The Kier molecular flexibility index (Phi) is 9.82. The first-order valence-corrected chi connectivity index (χ1v) is 11.8. The predicted molar refractivity (Wildman–Crippen MR) is 127 cm³/mol. The Morgan fingerprint density at radius 3 is 2.37 bits per heavy atom. The smallest absolute Gasteiger partial charge is 0.242 e. The molecular weight excluding hydrogens is 463 g/mol. The molecule has 0 unspecified atom stereocenters. The summed E-state index contributed by atoms with van der Waals surface area (Å²) in [7, 11) is 0. The molecule has 2 aromatic carbocycles. The highest BCUT2D eigenvalue weighted by atomic mass is 35.5. The first kappa shape index (κ1) is 24.9. The first-order chi connectivity index (χ1) is 14.2. The molecule has 0 radical (unpaired) electrons. The molecule has 0 aliphatic carbocycles. The zero-order valence-corrected chi connectivity index (χ0v) is 20.2. The molecule has 0 fully saturated rings. The van der Waals surface area contributed by atoms with Gasteiger partial charge in [-0.15, -0.1) is 11.8 Å². The van der Waals surface area contributed by atoms with Crippen LogP contribution < -0.4 is 5.32 Å². The molecule has 0 bridgehead atoms. The lowest BCUT2D eigenvalue weighted by Crippen LogP contribution is -2.49. The number of thioether (sulfide) groups is 1. The molecule has 0 saturated heterocycles. The van der Waals surface area contributed by atoms with Crippen molar-refractivity contribution in [1.29, 1.82) is 0 Å². The van der Waals surface area contributed by atoms with Crippen molar-refractivity contribution in [3.8, 4) is 0 Å². The highest BCUT2D eigenvalue weighted by Crippen LogP contribution is 2.24. The van der Waals surface area contributed by atoms with Crippen molar-refractivity contribution in [2.45, 2.75) is 45.2 Å². The molecule has 162 valence electrons. The molecular formula is C22H25Cl3N2O2S. The Morgan fingerprint density at radius 2 is 1.73 bits per heavy atom. The topological polar surface area (TPSA) is 49.4 Å². The largest absolute Gasteiger partial charge is 0.352 e. The van der Waals surface area contributed by atoms with E-state index in [0.717, 1.165) is 11.1 Å². The van der Waals surface area contributed by atoms with Crippen molar-refractivity contribution in [2.24, 2.45) is 0 Å². The normalized spacial score (nSPS) is 12.0. The molecule has 0 heterocycles. The van der Waals surface area contributed by atoms with Gasteiger partial charge in [-0.2, -0.15) is 0 Å². The van der Waals surface area contributed by atoms with Gasteiger partial charge >= 0.3 is 0 Å². The second kappa shape index (κ2) is 11.8. The maximum atomic E-state index is 13.0. The fourth-order valence-electron chi connectivity index (χ4n) is 2.79. The minimum atomic E-state index is -0.624. The summed E-state index contributed by atoms with van der Waals surface area (Å²) in [5.41, 5.74) is 1.85. The number of rotatable bonds is 9. The van der Waals surface area contributed by atoms with Crippen LogP contribution in [0.2, 0.25) is 15.1 Å². The van der Waals surface area contributed by atoms with Crippen LogP contribution in [-0.2, 0) is 21.9 Å². The summed E-state index contributed by atoms with van der Waals surface area (Å²) in [5, 5.41) is 4.40. The van der Waals surface area contributed by atoms with Crippen LogP contribution in [0, 0.1) is 0 Å². The van der Waals surface area contributed by atoms with Crippen LogP contribution in [-0.4, -0.2) is 34.6 Å². The minimum Gasteiger partial charge on any atom is -0.352 e. The van der Waals surface area contributed by atoms with Gasteiger partial charge in [0.05, 0.1) is 15.8 Å². The monoisotopic (exact) mass is 486 g/mol. The van der Waals surface area contributed by atoms with Crippen LogP contribution in [0.15, 0.2) is 42.5 Å². The maximum Gasteiger partial charge on any atom is 0.242 e. The van der Waals surface area contributed by atoms with Gasteiger partial charge in [-0.1, -0.05) is 53.0 Å². The number of amides is 2. The van der Waals surface area contributed by atoms with Gasteiger partial charge in [0.2, 0.25) is 11.8 Å². The van der Waals surface area contributed by atoms with Gasteiger partial charge in [0.25, 0.3) is 0 Å². The van der Waals surface area contributed by atoms with Gasteiger partial charge in [0.1, 0.15) is 6.04 Å². The van der Waals surface area contributed by atoms with E-state index in [1.807, 2.05) is 38.1 Å². The summed E-state index contributed by atoms with van der Waals surface area (Å²) in [4.78, 5) is 27.2. The van der Waals surface area contributed by atoms with Gasteiger partial charge in [-0.25, -0.2) is 0 Å². The Bertz CT molecular complexity index is 892. The number of halogens is 3. The fraction of sp³-hybridized carbons (Fsp3) is 0.364. The third-order valence-electron chi connectivity index (χ3n) is 4.32. The molecule has 8 heteroatoms. The van der Waals surface area contributed by atoms with Crippen LogP contribution in [0.1, 0.15) is 31.9 Å². The summed E-state index contributed by atoms with van der Waals surface area (Å²) in [6.45, 7) is 5.77. The lowest BCUT2D eigenvalue weighted by molar-refractivity contribution is -0.138. The number of nitrogens with zero attached hydrogens (tertiary/aromatic N) is 1. The molecule has 4 nitrogen and oxygen atoms in total. The molecule has 2 aromatic rings. The highest BCUT2D eigenvalue weighted by Gasteiger charge is 2.26. The van der Waals surface area contributed by atoms with E-state index in [-0.39, 0.29) is 30.2 Å². The maximum absolute atomic E-state index is 13.0. The standard InChI is InChI=1S/C22H25Cl3N2O2S/c1-14(2)26-22(29)15(3)27(11-16-7-8-19(24)20(25)10-16)21(28)13-30-12-17-5-4-6-18(23)9-17/h4-10,14-15H,11-13H2,1-3H3,(H,26,29)/t15-/m0/s1. The molecule has 0 aliphatic rings. The zero-order valence-electron chi connectivity index (χ0n) is 17.1. The van der Waals surface area contributed by atoms with Gasteiger partial charge in [-0.3, -0.25) is 9.59 Å². The summed E-state index contributed by atoms with van der Waals surface area (Å²) in [6, 6.07) is 12.1. The Balaban J connectivity index is 2.10. The number of hydrogen-bond acceptors (Lipinski definition) is 3. The quantitative estimate of drug-likeness (QED) is 0.485. The molecule has 0 saturated carbocycles. The van der Waals surface area contributed by atoms with Crippen molar-refractivity contribution in [2.75, 3.05) is 5.75 Å². The van der Waals surface area contributed by atoms with Gasteiger partial charge in [0.15, 0.2) is 0 Å². The van der Waals surface area contributed by atoms with Crippen LogP contribution >= 0.6 is 46.6 Å². The van der Waals surface area contributed by atoms with Crippen molar-refractivity contribution in [1.82, 2.24) is 10.2 Å². The number of hydrogen-bond donors (Lipinski definition) is 1. The molecule has 1 atom stereocenters. The Labute approximate surface area is 197 Å². The van der Waals surface area contributed by atoms with E-state index in [1.165, 1.54) is 11.8 Å². The van der Waals surface area contributed by atoms with Crippen molar-refractivity contribution in [3.63, 3.8) is 0 Å². The van der Waals surface area contributed by atoms with Crippen molar-refractivity contribution < 1.29 is 9.59 Å². The SMILES string of the molecule is CC(C)NC(=O)[C@H](C)N(Cc1ccc(Cl)c(Cl)c1)C(=O)CSCc1cccc(Cl)c1. The van der Waals surface area contributed by atoms with Crippen molar-refractivity contribution >= 4 is 58.4 Å². The highest BCUT2D eigenvalue weighted by molar-refractivity contribution is 7.99. The number of carbonyl (C=O) groups is 2. The van der Waals surface area contributed by atoms with E-state index < -0.39 is 6.04 Å². The summed E-state index contributed by atoms with van der Waals surface area (Å²) in [6.07, 6.45) is 0. The lowest BCUT2D eigenvalue weighted by atomic mass is 10.1. The lowest BCUT2D eigenvalue weighted by Gasteiger charge is -2.29. The molecule has 0 aliphatic heterocycles. The van der Waals surface area contributed by atoms with E-state index in [2.05, 4.69) is 5.32 Å². The third-order valence-corrected chi connectivity index (χ3v) is 6.28. The Hall–Kier alpha value is -1.40. The molecule has 0 spiro atoms. The van der Waals surface area contributed by atoms with E-state index in [0.29, 0.717) is 20.8 Å². The minimum absolute atomic E-state index is 0.0147. The van der Waals surface area contributed by atoms with Crippen molar-refractivity contribution in [3.05, 3.63) is 68.7 Å². The van der Waals surface area contributed by atoms with Crippen LogP contribution in [0.4, 0.5) is 0 Å².